The minimum atomic E-state index is -1.06. The van der Waals surface area contributed by atoms with Gasteiger partial charge in [-0.2, -0.15) is 0 Å². The normalized spacial score (nSPS) is 18.4. The molecule has 0 spiro atoms. The molecule has 0 aliphatic heterocycles. The monoisotopic (exact) mass is 590 g/mol. The van der Waals surface area contributed by atoms with E-state index in [1.165, 1.54) is 33.4 Å². The number of hydrogen-bond acceptors (Lipinski definition) is 0. The zero-order valence-electron chi connectivity index (χ0n) is 19.0. The molecule has 0 N–H and O–H groups in total. The van der Waals surface area contributed by atoms with Crippen LogP contribution in [0.25, 0.3) is 34.4 Å². The Hall–Kier alpha value is -2.77. The summed E-state index contributed by atoms with van der Waals surface area (Å²) in [7, 11) is 0. The molecule has 0 saturated carbocycles. The van der Waals surface area contributed by atoms with E-state index >= 15 is 0 Å². The van der Waals surface area contributed by atoms with Gasteiger partial charge in [0.15, 0.2) is 0 Å². The van der Waals surface area contributed by atoms with Gasteiger partial charge in [0.05, 0.1) is 0 Å². The summed E-state index contributed by atoms with van der Waals surface area (Å²) in [5, 5.41) is 0. The Kier molecular flexibility index (Phi) is 5.38. The summed E-state index contributed by atoms with van der Waals surface area (Å²) in [5.41, 5.74) is 14.4. The molecule has 2 unspecified atom stereocenters. The summed E-state index contributed by atoms with van der Waals surface area (Å²) in [5.74, 6) is 0. The number of rotatable bonds is 4. The van der Waals surface area contributed by atoms with Crippen LogP contribution in [0.2, 0.25) is 0 Å². The number of allylic oxidation sites excluding steroid dienone is 2. The Balaban J connectivity index is 1.29. The quantitative estimate of drug-likeness (QED) is 0.209. The van der Waals surface area contributed by atoms with Gasteiger partial charge in [-0.1, -0.05) is 0 Å². The molecule has 0 fully saturated rings. The summed E-state index contributed by atoms with van der Waals surface area (Å²) >= 11 is -1.06. The molecule has 6 rings (SSSR count). The molecule has 158 valence electrons. The fourth-order valence-corrected chi connectivity index (χ4v) is 12.2. The van der Waals surface area contributed by atoms with Crippen LogP contribution < -0.4 is 0 Å². The zero-order valence-corrected chi connectivity index (χ0v) is 22.6. The van der Waals surface area contributed by atoms with E-state index in [2.05, 4.69) is 123 Å². The van der Waals surface area contributed by atoms with Crippen LogP contribution in [-0.2, 0) is 22.9 Å². The molecule has 0 aromatic heterocycles. The molecule has 2 atom stereocenters. The van der Waals surface area contributed by atoms with Crippen molar-refractivity contribution >= 4 is 12.2 Å². The Bertz CT molecular complexity index is 1280. The number of benzene rings is 4. The molecule has 4 aromatic rings. The fraction of sp³-hybridized carbons (Fsp3) is 0.125. The molecular weight excluding hydrogens is 563 g/mol. The second kappa shape index (κ2) is 8.54. The van der Waals surface area contributed by atoms with Crippen molar-refractivity contribution in [1.29, 1.82) is 0 Å². The summed E-state index contributed by atoms with van der Waals surface area (Å²) in [6.07, 6.45) is 4.90. The van der Waals surface area contributed by atoms with Crippen molar-refractivity contribution in [3.05, 3.63) is 130 Å². The van der Waals surface area contributed by atoms with Gasteiger partial charge >= 0.3 is 209 Å². The van der Waals surface area contributed by atoms with E-state index in [9.17, 15) is 0 Å². The molecule has 33 heavy (non-hydrogen) atoms. The van der Waals surface area contributed by atoms with Crippen LogP contribution in [0, 0.1) is 0 Å². The minimum absolute atomic E-state index is 0.679. The molecule has 2 aliphatic rings. The fourth-order valence-electron chi connectivity index (χ4n) is 5.30. The van der Waals surface area contributed by atoms with E-state index in [1.54, 1.807) is 22.3 Å². The van der Waals surface area contributed by atoms with Crippen LogP contribution in [-0.4, -0.2) is 0 Å². The molecule has 0 bridgehead atoms. The molecule has 4 aromatic carbocycles. The average Bonchev–Trinajstić information content (AvgIpc) is 3.34. The van der Waals surface area contributed by atoms with Crippen LogP contribution in [0.15, 0.2) is 108 Å². The first-order valence-electron chi connectivity index (χ1n) is 11.7. The molecule has 0 saturated heterocycles. The third kappa shape index (κ3) is 3.83. The van der Waals surface area contributed by atoms with Crippen LogP contribution in [0.4, 0.5) is 0 Å². The van der Waals surface area contributed by atoms with Crippen molar-refractivity contribution in [2.45, 2.75) is 21.2 Å². The van der Waals surface area contributed by atoms with E-state index in [-0.39, 0.29) is 0 Å². The van der Waals surface area contributed by atoms with Gasteiger partial charge in [0.2, 0.25) is 0 Å². The standard InChI is InChI=1S/2C16H13.Hf/c2*1-12-9-14-7-8-15(11-16(14)10-12)13-5-3-2-4-6-13;/h2*2-11H,1H3;. The van der Waals surface area contributed by atoms with Gasteiger partial charge < -0.3 is 0 Å². The van der Waals surface area contributed by atoms with Crippen molar-refractivity contribution < 1.29 is 22.9 Å². The summed E-state index contributed by atoms with van der Waals surface area (Å²) in [6, 6.07) is 35.8. The van der Waals surface area contributed by atoms with Crippen LogP contribution in [0.5, 0.6) is 0 Å². The number of fused-ring (bicyclic) bond motifs is 2. The van der Waals surface area contributed by atoms with E-state index in [0.717, 1.165) is 0 Å². The van der Waals surface area contributed by atoms with Crippen molar-refractivity contribution in [3.8, 4) is 22.3 Å². The van der Waals surface area contributed by atoms with Gasteiger partial charge in [-0.05, 0) is 0 Å². The third-order valence-corrected chi connectivity index (χ3v) is 14.9. The molecule has 0 heterocycles. The predicted octanol–water partition coefficient (Wildman–Crippen LogP) is 8.72. The van der Waals surface area contributed by atoms with Gasteiger partial charge in [-0.25, -0.2) is 0 Å². The van der Waals surface area contributed by atoms with Crippen molar-refractivity contribution in [3.63, 3.8) is 0 Å². The van der Waals surface area contributed by atoms with Gasteiger partial charge in [-0.3, -0.25) is 0 Å². The second-order valence-corrected chi connectivity index (χ2v) is 14.6. The van der Waals surface area contributed by atoms with Gasteiger partial charge in [-0.15, -0.1) is 0 Å². The third-order valence-electron chi connectivity index (χ3n) is 7.02. The zero-order chi connectivity index (χ0) is 22.4. The molecular formula is C32H26Hf. The van der Waals surface area contributed by atoms with Gasteiger partial charge in [0.1, 0.15) is 0 Å². The van der Waals surface area contributed by atoms with Crippen LogP contribution in [0.1, 0.15) is 43.5 Å². The first-order valence-corrected chi connectivity index (χ1v) is 15.8. The SMILES string of the molecule is CC1=Cc2cc(-c3ccccc3)ccc2[CH]1[Hf][CH]1C(C)=Cc2cc(-c3ccccc3)ccc21. The van der Waals surface area contributed by atoms with Gasteiger partial charge in [0, 0.05) is 0 Å². The van der Waals surface area contributed by atoms with Crippen LogP contribution in [0.3, 0.4) is 0 Å². The van der Waals surface area contributed by atoms with E-state index in [4.69, 9.17) is 0 Å². The van der Waals surface area contributed by atoms with Crippen molar-refractivity contribution in [1.82, 2.24) is 0 Å². The Labute approximate surface area is 208 Å². The topological polar surface area (TPSA) is 0 Å². The van der Waals surface area contributed by atoms with Crippen molar-refractivity contribution in [2.75, 3.05) is 0 Å². The first kappa shape index (κ1) is 20.8. The van der Waals surface area contributed by atoms with E-state index in [0.29, 0.717) is 7.35 Å². The Morgan fingerprint density at radius 3 is 1.33 bits per heavy atom. The maximum absolute atomic E-state index is 2.45. The second-order valence-electron chi connectivity index (χ2n) is 9.23. The van der Waals surface area contributed by atoms with E-state index < -0.39 is 22.9 Å². The van der Waals surface area contributed by atoms with E-state index in [1.807, 2.05) is 0 Å². The van der Waals surface area contributed by atoms with Gasteiger partial charge in [0.25, 0.3) is 0 Å². The molecule has 2 aliphatic carbocycles. The van der Waals surface area contributed by atoms with Crippen molar-refractivity contribution in [2.24, 2.45) is 0 Å². The molecule has 0 nitrogen and oxygen atoms in total. The predicted molar refractivity (Wildman–Crippen MR) is 137 cm³/mol. The summed E-state index contributed by atoms with van der Waals surface area (Å²) in [6.45, 7) is 4.71. The maximum atomic E-state index is 2.45. The molecule has 0 amide bonds. The summed E-state index contributed by atoms with van der Waals surface area (Å²) < 4.78 is 1.36. The average molecular weight is 589 g/mol. The first-order chi connectivity index (χ1) is 16.2. The Morgan fingerprint density at radius 2 is 0.909 bits per heavy atom. The Morgan fingerprint density at radius 1 is 0.485 bits per heavy atom. The number of hydrogen-bond donors (Lipinski definition) is 0. The summed E-state index contributed by atoms with van der Waals surface area (Å²) in [4.78, 5) is 0. The van der Waals surface area contributed by atoms with Crippen LogP contribution >= 0.6 is 0 Å². The molecule has 1 heteroatoms. The molecule has 0 radical (unpaired) electrons.